The van der Waals surface area contributed by atoms with Gasteiger partial charge in [-0.25, -0.2) is 4.79 Å². The number of nitro groups is 1. The number of ether oxygens (including phenoxy) is 1. The molecule has 1 atom stereocenters. The highest BCUT2D eigenvalue weighted by Gasteiger charge is 2.64. The van der Waals surface area contributed by atoms with Crippen molar-refractivity contribution in [3.05, 3.63) is 58.1 Å². The predicted molar refractivity (Wildman–Crippen MR) is 145 cm³/mol. The van der Waals surface area contributed by atoms with Crippen LogP contribution in [0, 0.1) is 15.5 Å². The largest absolute Gasteiger partial charge is 0.497 e. The molecule has 0 radical (unpaired) electrons. The van der Waals surface area contributed by atoms with E-state index in [2.05, 4.69) is 4.90 Å². The first-order chi connectivity index (χ1) is 18.8. The van der Waals surface area contributed by atoms with E-state index in [1.54, 1.807) is 13.2 Å². The SMILES string of the molecule is CCCN1C(=O)N(CCC)C(=O)C2(Cc3cc([N+](=O)[O-])ccc3N3CCN(c4ccc(OC)cc4)C[C@@H]32)C1=O. The van der Waals surface area contributed by atoms with Crippen molar-refractivity contribution >= 4 is 34.9 Å². The van der Waals surface area contributed by atoms with Gasteiger partial charge in [-0.2, -0.15) is 0 Å². The van der Waals surface area contributed by atoms with Gasteiger partial charge in [0.05, 0.1) is 18.1 Å². The number of benzene rings is 2. The second kappa shape index (κ2) is 10.2. The molecule has 3 aliphatic heterocycles. The number of piperazine rings is 1. The summed E-state index contributed by atoms with van der Waals surface area (Å²) in [6, 6.07) is 11.1. The average Bonchev–Trinajstić information content (AvgIpc) is 2.96. The molecule has 39 heavy (non-hydrogen) atoms. The Hall–Kier alpha value is -4.15. The van der Waals surface area contributed by atoms with Crippen molar-refractivity contribution in [2.75, 3.05) is 49.6 Å². The van der Waals surface area contributed by atoms with Crippen LogP contribution in [0.3, 0.4) is 0 Å². The van der Waals surface area contributed by atoms with Gasteiger partial charge >= 0.3 is 6.03 Å². The lowest BCUT2D eigenvalue weighted by atomic mass is 9.67. The van der Waals surface area contributed by atoms with E-state index in [1.807, 2.05) is 43.0 Å². The van der Waals surface area contributed by atoms with Crippen molar-refractivity contribution < 1.29 is 24.0 Å². The summed E-state index contributed by atoms with van der Waals surface area (Å²) in [4.78, 5) is 59.8. The lowest BCUT2D eigenvalue weighted by Gasteiger charge is -2.57. The van der Waals surface area contributed by atoms with Crippen molar-refractivity contribution in [2.45, 2.75) is 39.2 Å². The molecule has 0 aromatic heterocycles. The normalized spacial score (nSPS) is 20.3. The number of nitro benzene ring substituents is 1. The number of non-ortho nitro benzene ring substituents is 1. The summed E-state index contributed by atoms with van der Waals surface area (Å²) in [6.07, 6.45) is 1.10. The van der Waals surface area contributed by atoms with Crippen LogP contribution in [0.25, 0.3) is 0 Å². The van der Waals surface area contributed by atoms with Gasteiger partial charge in [-0.1, -0.05) is 13.8 Å². The first kappa shape index (κ1) is 26.5. The van der Waals surface area contributed by atoms with Crippen molar-refractivity contribution in [1.82, 2.24) is 9.80 Å². The molecule has 1 spiro atoms. The third kappa shape index (κ3) is 4.16. The van der Waals surface area contributed by atoms with Gasteiger partial charge in [-0.05, 0) is 48.7 Å². The third-order valence-corrected chi connectivity index (χ3v) is 8.05. The number of carbonyl (C=O) groups is 3. The smallest absolute Gasteiger partial charge is 0.333 e. The van der Waals surface area contributed by atoms with Crippen LogP contribution in [0.5, 0.6) is 5.75 Å². The zero-order valence-corrected chi connectivity index (χ0v) is 22.5. The number of carbonyl (C=O) groups excluding carboxylic acids is 3. The Bertz CT molecular complexity index is 1280. The van der Waals surface area contributed by atoms with Crippen molar-refractivity contribution in [3.8, 4) is 5.75 Å². The number of hydrogen-bond acceptors (Lipinski definition) is 8. The molecular formula is C28H33N5O6. The minimum atomic E-state index is -1.59. The van der Waals surface area contributed by atoms with E-state index in [4.69, 9.17) is 4.74 Å². The van der Waals surface area contributed by atoms with E-state index in [1.165, 1.54) is 21.9 Å². The zero-order chi connectivity index (χ0) is 27.9. The molecule has 3 heterocycles. The highest BCUT2D eigenvalue weighted by Crippen LogP contribution is 2.48. The molecule has 2 aromatic carbocycles. The highest BCUT2D eigenvalue weighted by molar-refractivity contribution is 6.20. The van der Waals surface area contributed by atoms with Crippen LogP contribution in [0.1, 0.15) is 32.3 Å². The number of anilines is 2. The summed E-state index contributed by atoms with van der Waals surface area (Å²) in [6.45, 7) is 5.65. The van der Waals surface area contributed by atoms with Crippen LogP contribution in [0.15, 0.2) is 42.5 Å². The summed E-state index contributed by atoms with van der Waals surface area (Å²) in [5, 5.41) is 11.6. The zero-order valence-electron chi connectivity index (χ0n) is 22.5. The maximum Gasteiger partial charge on any atom is 0.333 e. The van der Waals surface area contributed by atoms with Crippen LogP contribution in [0.4, 0.5) is 21.9 Å². The highest BCUT2D eigenvalue weighted by atomic mass is 16.6. The monoisotopic (exact) mass is 535 g/mol. The summed E-state index contributed by atoms with van der Waals surface area (Å²) in [7, 11) is 1.60. The van der Waals surface area contributed by atoms with Crippen molar-refractivity contribution in [2.24, 2.45) is 5.41 Å². The standard InChI is InChI=1S/C28H33N5O6/c1-4-12-31-25(34)28(26(35)32(13-5-2)27(31)36)17-19-16-21(33(37)38)8-11-23(19)30-15-14-29(18-24(28)30)20-6-9-22(39-3)10-7-20/h6-11,16,24H,4-5,12-15,17-18H2,1-3H3/t24-/m1/s1. The van der Waals surface area contributed by atoms with Crippen LogP contribution in [0.2, 0.25) is 0 Å². The van der Waals surface area contributed by atoms with Gasteiger partial charge in [0.25, 0.3) is 5.69 Å². The number of barbiturate groups is 1. The Balaban J connectivity index is 1.66. The third-order valence-electron chi connectivity index (χ3n) is 8.05. The fourth-order valence-electron chi connectivity index (χ4n) is 6.22. The van der Waals surface area contributed by atoms with E-state index in [-0.39, 0.29) is 25.2 Å². The number of nitrogens with zero attached hydrogens (tertiary/aromatic N) is 5. The van der Waals surface area contributed by atoms with E-state index >= 15 is 0 Å². The Morgan fingerprint density at radius 3 is 2.18 bits per heavy atom. The van der Waals surface area contributed by atoms with Gasteiger partial charge in [0.1, 0.15) is 5.75 Å². The summed E-state index contributed by atoms with van der Waals surface area (Å²) in [5.41, 5.74) is 0.602. The van der Waals surface area contributed by atoms with Gasteiger partial charge in [0.15, 0.2) is 5.41 Å². The number of imide groups is 2. The second-order valence-corrected chi connectivity index (χ2v) is 10.3. The number of rotatable bonds is 7. The molecule has 4 amide bonds. The summed E-state index contributed by atoms with van der Waals surface area (Å²) in [5.74, 6) is -0.311. The Kier molecular flexibility index (Phi) is 6.92. The van der Waals surface area contributed by atoms with Crippen molar-refractivity contribution in [1.29, 1.82) is 0 Å². The molecule has 0 aliphatic carbocycles. The Labute approximate surface area is 227 Å². The minimum Gasteiger partial charge on any atom is -0.497 e. The average molecular weight is 536 g/mol. The number of hydrogen-bond donors (Lipinski definition) is 0. The molecule has 0 N–H and O–H groups in total. The van der Waals surface area contributed by atoms with E-state index in [0.717, 1.165) is 17.1 Å². The molecule has 2 fully saturated rings. The van der Waals surface area contributed by atoms with Gasteiger partial charge in [0.2, 0.25) is 11.8 Å². The lowest BCUT2D eigenvalue weighted by Crippen LogP contribution is -2.75. The molecule has 2 aromatic rings. The fourth-order valence-corrected chi connectivity index (χ4v) is 6.22. The van der Waals surface area contributed by atoms with Crippen LogP contribution < -0.4 is 14.5 Å². The Morgan fingerprint density at radius 1 is 0.974 bits per heavy atom. The molecule has 2 saturated heterocycles. The van der Waals surface area contributed by atoms with Crippen molar-refractivity contribution in [3.63, 3.8) is 0 Å². The first-order valence-corrected chi connectivity index (χ1v) is 13.4. The van der Waals surface area contributed by atoms with Gasteiger partial charge < -0.3 is 14.5 Å². The van der Waals surface area contributed by atoms with Crippen LogP contribution in [-0.2, 0) is 16.0 Å². The fraction of sp³-hybridized carbons (Fsp3) is 0.464. The molecule has 3 aliphatic rings. The number of amides is 4. The molecule has 11 heteroatoms. The topological polar surface area (TPSA) is 117 Å². The molecule has 11 nitrogen and oxygen atoms in total. The number of fused-ring (bicyclic) bond motifs is 4. The Morgan fingerprint density at radius 2 is 1.62 bits per heavy atom. The molecule has 206 valence electrons. The second-order valence-electron chi connectivity index (χ2n) is 10.3. The number of methoxy groups -OCH3 is 1. The minimum absolute atomic E-state index is 0.00694. The maximum atomic E-state index is 14.3. The lowest BCUT2D eigenvalue weighted by molar-refractivity contribution is -0.384. The summed E-state index contributed by atoms with van der Waals surface area (Å²) >= 11 is 0. The van der Waals surface area contributed by atoms with E-state index in [9.17, 15) is 24.5 Å². The summed E-state index contributed by atoms with van der Waals surface area (Å²) < 4.78 is 5.30. The quantitative estimate of drug-likeness (QED) is 0.301. The van der Waals surface area contributed by atoms with Crippen LogP contribution in [-0.4, -0.2) is 78.4 Å². The molecule has 0 saturated carbocycles. The predicted octanol–water partition coefficient (Wildman–Crippen LogP) is 3.45. The van der Waals surface area contributed by atoms with E-state index in [0.29, 0.717) is 38.0 Å². The van der Waals surface area contributed by atoms with Crippen LogP contribution >= 0.6 is 0 Å². The van der Waals surface area contributed by atoms with Gasteiger partial charge in [0, 0.05) is 62.7 Å². The molecule has 0 bridgehead atoms. The number of urea groups is 1. The van der Waals surface area contributed by atoms with Gasteiger partial charge in [-0.15, -0.1) is 0 Å². The van der Waals surface area contributed by atoms with E-state index < -0.39 is 34.2 Å². The molecule has 5 rings (SSSR count). The molecular weight excluding hydrogens is 502 g/mol. The van der Waals surface area contributed by atoms with Gasteiger partial charge in [-0.3, -0.25) is 29.5 Å². The first-order valence-electron chi connectivity index (χ1n) is 13.4. The maximum absolute atomic E-state index is 14.3. The molecule has 0 unspecified atom stereocenters.